The number of halogens is 3. The number of piperidine rings is 1. The largest absolute Gasteiger partial charge is 0.434 e. The first kappa shape index (κ1) is 19.4. The molecule has 1 heterocycles. The molecule has 5 nitrogen and oxygen atoms in total. The third-order valence-electron chi connectivity index (χ3n) is 4.12. The van der Waals surface area contributed by atoms with Crippen LogP contribution in [0.3, 0.4) is 0 Å². The predicted octanol–water partition coefficient (Wildman–Crippen LogP) is 2.58. The molecule has 2 rings (SSSR count). The summed E-state index contributed by atoms with van der Waals surface area (Å²) in [4.78, 5) is 6.45. The summed E-state index contributed by atoms with van der Waals surface area (Å²) in [6, 6.07) is 3.86. The van der Waals surface area contributed by atoms with E-state index in [1.54, 1.807) is 7.05 Å². The van der Waals surface area contributed by atoms with Crippen molar-refractivity contribution < 1.29 is 17.9 Å². The highest BCUT2D eigenvalue weighted by atomic mass is 19.3. The SMILES string of the molecule is CN=C(NCCN1CCCCC1)NCc1c(F)cccc1OC(F)F. The first-order chi connectivity index (χ1) is 12.1. The van der Waals surface area contributed by atoms with E-state index >= 15 is 0 Å². The Hall–Kier alpha value is -1.96. The van der Waals surface area contributed by atoms with Crippen molar-refractivity contribution in [2.75, 3.05) is 33.2 Å². The van der Waals surface area contributed by atoms with E-state index in [4.69, 9.17) is 0 Å². The number of likely N-dealkylation sites (tertiary alicyclic amines) is 1. The van der Waals surface area contributed by atoms with Gasteiger partial charge in [-0.05, 0) is 38.1 Å². The second-order valence-electron chi connectivity index (χ2n) is 5.85. The van der Waals surface area contributed by atoms with Crippen LogP contribution in [0.15, 0.2) is 23.2 Å². The Morgan fingerprint density at radius 1 is 1.24 bits per heavy atom. The van der Waals surface area contributed by atoms with Gasteiger partial charge in [0, 0.05) is 32.2 Å². The summed E-state index contributed by atoms with van der Waals surface area (Å²) in [6.07, 6.45) is 3.75. The molecule has 0 radical (unpaired) electrons. The number of hydrogen-bond donors (Lipinski definition) is 2. The Kier molecular flexibility index (Phi) is 7.84. The second-order valence-corrected chi connectivity index (χ2v) is 5.85. The number of nitrogens with one attached hydrogen (secondary N) is 2. The molecule has 0 saturated carbocycles. The van der Waals surface area contributed by atoms with Crippen molar-refractivity contribution in [3.8, 4) is 5.75 Å². The van der Waals surface area contributed by atoms with Crippen molar-refractivity contribution in [1.82, 2.24) is 15.5 Å². The topological polar surface area (TPSA) is 48.9 Å². The number of aliphatic imine (C=N–C) groups is 1. The Labute approximate surface area is 146 Å². The molecule has 0 atom stereocenters. The third kappa shape index (κ3) is 6.45. The Balaban J connectivity index is 1.84. The molecule has 1 aliphatic rings. The second kappa shape index (κ2) is 10.1. The van der Waals surface area contributed by atoms with Gasteiger partial charge in [-0.15, -0.1) is 0 Å². The number of alkyl halides is 2. The van der Waals surface area contributed by atoms with Crippen LogP contribution in [0, 0.1) is 5.82 Å². The summed E-state index contributed by atoms with van der Waals surface area (Å²) in [5.74, 6) is -0.288. The summed E-state index contributed by atoms with van der Waals surface area (Å²) in [7, 11) is 1.61. The molecule has 1 aromatic carbocycles. The van der Waals surface area contributed by atoms with Gasteiger partial charge >= 0.3 is 6.61 Å². The summed E-state index contributed by atoms with van der Waals surface area (Å²) in [5.41, 5.74) is 0.0433. The lowest BCUT2D eigenvalue weighted by molar-refractivity contribution is -0.0506. The fourth-order valence-electron chi connectivity index (χ4n) is 2.82. The highest BCUT2D eigenvalue weighted by Crippen LogP contribution is 2.23. The molecule has 1 fully saturated rings. The lowest BCUT2D eigenvalue weighted by Gasteiger charge is -2.26. The molecular formula is C17H25F3N4O. The zero-order valence-corrected chi connectivity index (χ0v) is 14.4. The zero-order valence-electron chi connectivity index (χ0n) is 14.4. The van der Waals surface area contributed by atoms with Crippen LogP contribution in [-0.4, -0.2) is 50.7 Å². The Bertz CT molecular complexity index is 563. The number of guanidine groups is 1. The van der Waals surface area contributed by atoms with E-state index in [1.165, 1.54) is 37.5 Å². The molecule has 2 N–H and O–H groups in total. The first-order valence-corrected chi connectivity index (χ1v) is 8.49. The van der Waals surface area contributed by atoms with E-state index < -0.39 is 12.4 Å². The van der Waals surface area contributed by atoms with Crippen LogP contribution in [0.1, 0.15) is 24.8 Å². The van der Waals surface area contributed by atoms with Crippen molar-refractivity contribution in [2.24, 2.45) is 4.99 Å². The molecule has 0 amide bonds. The molecule has 1 aliphatic heterocycles. The molecule has 0 spiro atoms. The summed E-state index contributed by atoms with van der Waals surface area (Å²) < 4.78 is 43.2. The predicted molar refractivity (Wildman–Crippen MR) is 91.5 cm³/mol. The van der Waals surface area contributed by atoms with Gasteiger partial charge < -0.3 is 20.3 Å². The highest BCUT2D eigenvalue weighted by Gasteiger charge is 2.14. The van der Waals surface area contributed by atoms with Crippen LogP contribution in [0.25, 0.3) is 0 Å². The van der Waals surface area contributed by atoms with Gasteiger partial charge in [0.1, 0.15) is 11.6 Å². The van der Waals surface area contributed by atoms with Gasteiger partial charge in [-0.25, -0.2) is 4.39 Å². The standard InChI is InChI=1S/C17H25F3N4O/c1-21-17(22-8-11-24-9-3-2-4-10-24)23-12-13-14(18)6-5-7-15(13)25-16(19)20/h5-7,16H,2-4,8-12H2,1H3,(H2,21,22,23). The number of nitrogens with zero attached hydrogens (tertiary/aromatic N) is 2. The van der Waals surface area contributed by atoms with Crippen molar-refractivity contribution in [3.05, 3.63) is 29.6 Å². The van der Waals surface area contributed by atoms with Crippen molar-refractivity contribution in [1.29, 1.82) is 0 Å². The molecule has 1 aromatic rings. The summed E-state index contributed by atoms with van der Waals surface area (Å²) in [6.45, 7) is 0.826. The van der Waals surface area contributed by atoms with Crippen molar-refractivity contribution in [2.45, 2.75) is 32.4 Å². The van der Waals surface area contributed by atoms with Crippen LogP contribution >= 0.6 is 0 Å². The normalized spacial score (nSPS) is 16.1. The maximum atomic E-state index is 13.9. The van der Waals surface area contributed by atoms with Gasteiger partial charge in [-0.2, -0.15) is 8.78 Å². The Morgan fingerprint density at radius 2 is 2.00 bits per heavy atom. The zero-order chi connectivity index (χ0) is 18.1. The number of hydrogen-bond acceptors (Lipinski definition) is 3. The van der Waals surface area contributed by atoms with E-state index in [1.807, 2.05) is 0 Å². The van der Waals surface area contributed by atoms with Gasteiger partial charge in [-0.3, -0.25) is 4.99 Å². The quantitative estimate of drug-likeness (QED) is 0.581. The average Bonchev–Trinajstić information content (AvgIpc) is 2.60. The van der Waals surface area contributed by atoms with Gasteiger partial charge in [0.2, 0.25) is 0 Å². The van der Waals surface area contributed by atoms with Gasteiger partial charge in [0.25, 0.3) is 0 Å². The molecule has 0 aromatic heterocycles. The van der Waals surface area contributed by atoms with Gasteiger partial charge in [0.15, 0.2) is 5.96 Å². The van der Waals surface area contributed by atoms with Crippen molar-refractivity contribution >= 4 is 5.96 Å². The molecular weight excluding hydrogens is 333 g/mol. The molecule has 8 heteroatoms. The van der Waals surface area contributed by atoms with Gasteiger partial charge in [0.05, 0.1) is 0 Å². The van der Waals surface area contributed by atoms with Crippen molar-refractivity contribution in [3.63, 3.8) is 0 Å². The third-order valence-corrected chi connectivity index (χ3v) is 4.12. The van der Waals surface area contributed by atoms with Crippen LogP contribution < -0.4 is 15.4 Å². The minimum absolute atomic E-state index is 0.00187. The summed E-state index contributed by atoms with van der Waals surface area (Å²) in [5, 5.41) is 6.09. The number of benzene rings is 1. The first-order valence-electron chi connectivity index (χ1n) is 8.49. The molecule has 0 bridgehead atoms. The van der Waals surface area contributed by atoms with E-state index in [2.05, 4.69) is 25.3 Å². The van der Waals surface area contributed by atoms with E-state index in [0.717, 1.165) is 19.6 Å². The average molecular weight is 358 g/mol. The van der Waals surface area contributed by atoms with E-state index in [-0.39, 0.29) is 17.9 Å². The van der Waals surface area contributed by atoms with E-state index in [0.29, 0.717) is 12.5 Å². The van der Waals surface area contributed by atoms with E-state index in [9.17, 15) is 13.2 Å². The number of ether oxygens (including phenoxy) is 1. The molecule has 1 saturated heterocycles. The fourth-order valence-corrected chi connectivity index (χ4v) is 2.82. The van der Waals surface area contributed by atoms with Crippen LogP contribution in [-0.2, 0) is 6.54 Å². The maximum absolute atomic E-state index is 13.9. The summed E-state index contributed by atoms with van der Waals surface area (Å²) >= 11 is 0. The fraction of sp³-hybridized carbons (Fsp3) is 0.588. The monoisotopic (exact) mass is 358 g/mol. The lowest BCUT2D eigenvalue weighted by Crippen LogP contribution is -2.42. The highest BCUT2D eigenvalue weighted by molar-refractivity contribution is 5.79. The lowest BCUT2D eigenvalue weighted by atomic mass is 10.1. The molecule has 25 heavy (non-hydrogen) atoms. The maximum Gasteiger partial charge on any atom is 0.387 e. The molecule has 0 unspecified atom stereocenters. The minimum atomic E-state index is -3.00. The van der Waals surface area contributed by atoms with Crippen LogP contribution in [0.4, 0.5) is 13.2 Å². The number of rotatable bonds is 7. The van der Waals surface area contributed by atoms with Crippen LogP contribution in [0.5, 0.6) is 5.75 Å². The Morgan fingerprint density at radius 3 is 2.68 bits per heavy atom. The smallest absolute Gasteiger partial charge is 0.387 e. The molecule has 0 aliphatic carbocycles. The molecule has 140 valence electrons. The van der Waals surface area contributed by atoms with Crippen LogP contribution in [0.2, 0.25) is 0 Å². The van der Waals surface area contributed by atoms with Gasteiger partial charge in [-0.1, -0.05) is 12.5 Å². The minimum Gasteiger partial charge on any atom is -0.434 e.